The molecule has 1 aliphatic rings. The molecule has 1 unspecified atom stereocenters. The van der Waals surface area contributed by atoms with Gasteiger partial charge in [0.15, 0.2) is 0 Å². The number of allylic oxidation sites excluding steroid dienone is 1. The molecule has 0 aliphatic heterocycles. The Morgan fingerprint density at radius 3 is 2.72 bits per heavy atom. The van der Waals surface area contributed by atoms with Gasteiger partial charge in [0.2, 0.25) is 0 Å². The van der Waals surface area contributed by atoms with E-state index in [1.165, 1.54) is 38.5 Å². The van der Waals surface area contributed by atoms with Crippen molar-refractivity contribution < 1.29 is 4.74 Å². The number of rotatable bonds is 6. The highest BCUT2D eigenvalue weighted by molar-refractivity contribution is 5.12. The molecule has 0 spiro atoms. The fraction of sp³-hybridized carbons (Fsp3) is 0.875. The van der Waals surface area contributed by atoms with E-state index in [9.17, 15) is 0 Å². The Hall–Kier alpha value is -0.340. The van der Waals surface area contributed by atoms with Gasteiger partial charge >= 0.3 is 0 Å². The van der Waals surface area contributed by atoms with Gasteiger partial charge in [-0.05, 0) is 59.4 Å². The van der Waals surface area contributed by atoms with E-state index in [1.807, 2.05) is 0 Å². The van der Waals surface area contributed by atoms with Crippen molar-refractivity contribution >= 4 is 0 Å². The van der Waals surface area contributed by atoms with E-state index in [1.54, 1.807) is 5.57 Å². The minimum Gasteiger partial charge on any atom is -0.374 e. The Bertz CT molecular complexity index is 252. The maximum absolute atomic E-state index is 5.98. The van der Waals surface area contributed by atoms with Gasteiger partial charge in [0.1, 0.15) is 0 Å². The van der Waals surface area contributed by atoms with Crippen molar-refractivity contribution in [3.05, 3.63) is 11.6 Å². The maximum atomic E-state index is 5.98. The van der Waals surface area contributed by atoms with Crippen LogP contribution in [0.1, 0.15) is 66.2 Å². The molecule has 1 atom stereocenters. The lowest BCUT2D eigenvalue weighted by Crippen LogP contribution is -2.38. The molecular weight excluding hydrogens is 222 g/mol. The lowest BCUT2D eigenvalue weighted by molar-refractivity contribution is -0.0104. The Morgan fingerprint density at radius 1 is 1.28 bits per heavy atom. The predicted molar refractivity (Wildman–Crippen MR) is 79.0 cm³/mol. The fourth-order valence-corrected chi connectivity index (χ4v) is 2.31. The van der Waals surface area contributed by atoms with Gasteiger partial charge in [-0.3, -0.25) is 0 Å². The van der Waals surface area contributed by atoms with E-state index in [4.69, 9.17) is 4.74 Å². The van der Waals surface area contributed by atoms with Crippen LogP contribution in [0.2, 0.25) is 0 Å². The molecule has 1 N–H and O–H groups in total. The summed E-state index contributed by atoms with van der Waals surface area (Å²) in [5, 5.41) is 3.65. The number of hydrogen-bond acceptors (Lipinski definition) is 2. The summed E-state index contributed by atoms with van der Waals surface area (Å²) in [7, 11) is 0. The highest BCUT2D eigenvalue weighted by Gasteiger charge is 2.18. The van der Waals surface area contributed by atoms with Crippen LogP contribution in [0.5, 0.6) is 0 Å². The molecule has 0 saturated heterocycles. The zero-order valence-electron chi connectivity index (χ0n) is 12.7. The van der Waals surface area contributed by atoms with Gasteiger partial charge in [0.05, 0.1) is 18.2 Å². The summed E-state index contributed by atoms with van der Waals surface area (Å²) in [6.45, 7) is 10.5. The molecule has 0 radical (unpaired) electrons. The molecule has 1 rings (SSSR count). The molecule has 18 heavy (non-hydrogen) atoms. The van der Waals surface area contributed by atoms with Gasteiger partial charge in [-0.1, -0.05) is 25.0 Å². The van der Waals surface area contributed by atoms with E-state index < -0.39 is 0 Å². The van der Waals surface area contributed by atoms with E-state index in [0.717, 1.165) is 13.2 Å². The summed E-state index contributed by atoms with van der Waals surface area (Å²) >= 11 is 0. The first-order valence-corrected chi connectivity index (χ1v) is 7.59. The molecule has 0 bridgehead atoms. The molecule has 2 nitrogen and oxygen atoms in total. The second-order valence-electron chi connectivity index (χ2n) is 6.31. The van der Waals surface area contributed by atoms with E-state index in [-0.39, 0.29) is 5.60 Å². The minimum atomic E-state index is -0.0442. The molecule has 1 aliphatic carbocycles. The molecule has 106 valence electrons. The topological polar surface area (TPSA) is 21.3 Å². The van der Waals surface area contributed by atoms with Crippen molar-refractivity contribution in [3.63, 3.8) is 0 Å². The van der Waals surface area contributed by atoms with Crippen LogP contribution in [0.4, 0.5) is 0 Å². The SMILES string of the molecule is CCCNC(COC(C)(C)C)C1=CCCCCC1. The van der Waals surface area contributed by atoms with E-state index in [2.05, 4.69) is 39.1 Å². The van der Waals surface area contributed by atoms with Crippen LogP contribution in [-0.4, -0.2) is 24.8 Å². The highest BCUT2D eigenvalue weighted by atomic mass is 16.5. The molecule has 0 saturated carbocycles. The van der Waals surface area contributed by atoms with Gasteiger partial charge in [0, 0.05) is 0 Å². The van der Waals surface area contributed by atoms with Crippen molar-refractivity contribution in [2.24, 2.45) is 0 Å². The van der Waals surface area contributed by atoms with Crippen LogP contribution >= 0.6 is 0 Å². The molecule has 0 fully saturated rings. The zero-order valence-corrected chi connectivity index (χ0v) is 12.7. The minimum absolute atomic E-state index is 0.0442. The van der Waals surface area contributed by atoms with Crippen LogP contribution in [0.3, 0.4) is 0 Å². The molecule has 0 aromatic rings. The summed E-state index contributed by atoms with van der Waals surface area (Å²) in [5.74, 6) is 0. The van der Waals surface area contributed by atoms with Crippen LogP contribution in [0.15, 0.2) is 11.6 Å². The Labute approximate surface area is 113 Å². The summed E-state index contributed by atoms with van der Waals surface area (Å²) in [4.78, 5) is 0. The number of nitrogens with one attached hydrogen (secondary N) is 1. The van der Waals surface area contributed by atoms with Crippen molar-refractivity contribution in [2.45, 2.75) is 77.9 Å². The van der Waals surface area contributed by atoms with Crippen LogP contribution in [0.25, 0.3) is 0 Å². The Kier molecular flexibility index (Phi) is 6.95. The molecular formula is C16H31NO. The highest BCUT2D eigenvalue weighted by Crippen LogP contribution is 2.21. The molecule has 0 amide bonds. The van der Waals surface area contributed by atoms with Crippen LogP contribution in [-0.2, 0) is 4.74 Å². The predicted octanol–water partition coefficient (Wildman–Crippen LogP) is 4.06. The third-order valence-corrected chi connectivity index (χ3v) is 3.35. The summed E-state index contributed by atoms with van der Waals surface area (Å²) in [6.07, 6.45) is 10.2. The molecule has 0 heterocycles. The monoisotopic (exact) mass is 253 g/mol. The maximum Gasteiger partial charge on any atom is 0.0665 e. The van der Waals surface area contributed by atoms with Crippen molar-refractivity contribution in [2.75, 3.05) is 13.2 Å². The van der Waals surface area contributed by atoms with Gasteiger partial charge in [-0.25, -0.2) is 0 Å². The largest absolute Gasteiger partial charge is 0.374 e. The van der Waals surface area contributed by atoms with Gasteiger partial charge in [0.25, 0.3) is 0 Å². The first-order valence-electron chi connectivity index (χ1n) is 7.59. The third kappa shape index (κ3) is 6.55. The normalized spacial score (nSPS) is 19.2. The average Bonchev–Trinajstić information content (AvgIpc) is 2.56. The first kappa shape index (κ1) is 15.7. The second kappa shape index (κ2) is 7.96. The standard InChI is InChI=1S/C16H31NO/c1-5-12-17-15(13-18-16(2,3)4)14-10-8-6-7-9-11-14/h10,15,17H,5-9,11-13H2,1-4H3. The summed E-state index contributed by atoms with van der Waals surface area (Å²) < 4.78 is 5.98. The van der Waals surface area contributed by atoms with E-state index >= 15 is 0 Å². The quantitative estimate of drug-likeness (QED) is 0.721. The first-order chi connectivity index (χ1) is 8.53. The Morgan fingerprint density at radius 2 is 2.06 bits per heavy atom. The zero-order chi connectivity index (χ0) is 13.4. The number of ether oxygens (including phenoxy) is 1. The lowest BCUT2D eigenvalue weighted by Gasteiger charge is -2.27. The second-order valence-corrected chi connectivity index (χ2v) is 6.31. The molecule has 2 heteroatoms. The average molecular weight is 253 g/mol. The molecule has 0 aromatic carbocycles. The summed E-state index contributed by atoms with van der Waals surface area (Å²) in [5.41, 5.74) is 1.53. The van der Waals surface area contributed by atoms with Crippen LogP contribution in [0, 0.1) is 0 Å². The van der Waals surface area contributed by atoms with Gasteiger partial charge in [-0.15, -0.1) is 0 Å². The van der Waals surface area contributed by atoms with Crippen molar-refractivity contribution in [1.82, 2.24) is 5.32 Å². The van der Waals surface area contributed by atoms with Crippen molar-refractivity contribution in [1.29, 1.82) is 0 Å². The van der Waals surface area contributed by atoms with E-state index in [0.29, 0.717) is 6.04 Å². The third-order valence-electron chi connectivity index (χ3n) is 3.35. The van der Waals surface area contributed by atoms with Gasteiger partial charge < -0.3 is 10.1 Å². The Balaban J connectivity index is 2.55. The van der Waals surface area contributed by atoms with Crippen molar-refractivity contribution in [3.8, 4) is 0 Å². The summed E-state index contributed by atoms with van der Waals surface area (Å²) in [6, 6.07) is 0.419. The molecule has 0 aromatic heterocycles. The lowest BCUT2D eigenvalue weighted by atomic mass is 10.0. The van der Waals surface area contributed by atoms with Crippen LogP contribution < -0.4 is 5.32 Å². The number of hydrogen-bond donors (Lipinski definition) is 1. The fourth-order valence-electron chi connectivity index (χ4n) is 2.31. The van der Waals surface area contributed by atoms with Gasteiger partial charge in [-0.2, -0.15) is 0 Å². The smallest absolute Gasteiger partial charge is 0.0665 e.